The van der Waals surface area contributed by atoms with Crippen LogP contribution in [-0.2, 0) is 0 Å². The van der Waals surface area contributed by atoms with Crippen LogP contribution >= 0.6 is 11.3 Å². The number of hydrogen-bond donors (Lipinski definition) is 0. The highest BCUT2D eigenvalue weighted by Gasteiger charge is 2.16. The number of rotatable bonds is 3. The van der Waals surface area contributed by atoms with Crippen LogP contribution in [0.15, 0.2) is 115 Å². The lowest BCUT2D eigenvalue weighted by atomic mass is 10.0. The zero-order valence-electron chi connectivity index (χ0n) is 16.3. The Labute approximate surface area is 179 Å². The van der Waals surface area contributed by atoms with Crippen molar-refractivity contribution in [2.45, 2.75) is 0 Å². The number of benzene rings is 4. The number of fused-ring (bicyclic) bond motifs is 2. The summed E-state index contributed by atoms with van der Waals surface area (Å²) >= 11 is 1.81. The van der Waals surface area contributed by atoms with E-state index < -0.39 is 0 Å². The predicted octanol–water partition coefficient (Wildman–Crippen LogP) is 8.18. The van der Waals surface area contributed by atoms with Crippen molar-refractivity contribution in [3.63, 3.8) is 0 Å². The van der Waals surface area contributed by atoms with Crippen LogP contribution in [0.1, 0.15) is 0 Å². The first-order valence-electron chi connectivity index (χ1n) is 10.1. The molecule has 6 rings (SSSR count). The van der Waals surface area contributed by atoms with Gasteiger partial charge in [0.1, 0.15) is 0 Å². The molecule has 6 aromatic rings. The minimum absolute atomic E-state index is 1.22. The van der Waals surface area contributed by atoms with Crippen LogP contribution in [0.25, 0.3) is 49.1 Å². The molecule has 0 saturated carbocycles. The summed E-state index contributed by atoms with van der Waals surface area (Å²) in [6, 6.07) is 39.2. The van der Waals surface area contributed by atoms with Crippen molar-refractivity contribution in [2.24, 2.45) is 0 Å². The Hall–Kier alpha value is -3.62. The van der Waals surface area contributed by atoms with Crippen LogP contribution in [0.5, 0.6) is 0 Å². The van der Waals surface area contributed by atoms with E-state index in [4.69, 9.17) is 0 Å². The molecule has 0 N–H and O–H groups in total. The van der Waals surface area contributed by atoms with Gasteiger partial charge in [-0.25, -0.2) is 0 Å². The minimum Gasteiger partial charge on any atom is -0.308 e. The Morgan fingerprint density at radius 2 is 1.23 bits per heavy atom. The van der Waals surface area contributed by atoms with E-state index >= 15 is 0 Å². The summed E-state index contributed by atoms with van der Waals surface area (Å²) in [4.78, 5) is 0. The van der Waals surface area contributed by atoms with E-state index in [1.54, 1.807) is 0 Å². The normalized spacial score (nSPS) is 11.3. The third-order valence-electron chi connectivity index (χ3n) is 5.66. The SMILES string of the molecule is c1ccc(-c2cc(-n3c(-c4ccccc4)cc4ccccc43)c3s[13cH]cc3c2)cc1. The van der Waals surface area contributed by atoms with E-state index in [1.807, 2.05) is 11.3 Å². The van der Waals surface area contributed by atoms with E-state index in [1.165, 1.54) is 49.1 Å². The van der Waals surface area contributed by atoms with Crippen LogP contribution in [0.2, 0.25) is 0 Å². The fraction of sp³-hybridized carbons (Fsp3) is 0. The van der Waals surface area contributed by atoms with Gasteiger partial charge in [-0.1, -0.05) is 78.9 Å². The van der Waals surface area contributed by atoms with E-state index in [9.17, 15) is 0 Å². The van der Waals surface area contributed by atoms with Crippen LogP contribution < -0.4 is 0 Å². The molecule has 0 amide bonds. The molecule has 0 aliphatic carbocycles. The van der Waals surface area contributed by atoms with Gasteiger partial charge < -0.3 is 4.57 Å². The van der Waals surface area contributed by atoms with Crippen molar-refractivity contribution >= 4 is 32.3 Å². The average Bonchev–Trinajstić information content (AvgIpc) is 3.44. The Balaban J connectivity index is 1.71. The molecule has 0 radical (unpaired) electrons. The smallest absolute Gasteiger partial charge is 0.0646 e. The van der Waals surface area contributed by atoms with Gasteiger partial charge in [-0.3, -0.25) is 0 Å². The first-order chi connectivity index (χ1) is 14.9. The van der Waals surface area contributed by atoms with Gasteiger partial charge in [0.05, 0.1) is 21.6 Å². The highest BCUT2D eigenvalue weighted by Crippen LogP contribution is 2.38. The Morgan fingerprint density at radius 3 is 2.03 bits per heavy atom. The van der Waals surface area contributed by atoms with Gasteiger partial charge in [-0.15, -0.1) is 11.3 Å². The molecule has 0 saturated heterocycles. The zero-order chi connectivity index (χ0) is 19.9. The topological polar surface area (TPSA) is 4.93 Å². The molecule has 2 aromatic heterocycles. The van der Waals surface area contributed by atoms with Crippen LogP contribution in [0.4, 0.5) is 0 Å². The predicted molar refractivity (Wildman–Crippen MR) is 130 cm³/mol. The van der Waals surface area contributed by atoms with Crippen LogP contribution in [-0.4, -0.2) is 4.57 Å². The third-order valence-corrected chi connectivity index (χ3v) is 6.61. The van der Waals surface area contributed by atoms with Gasteiger partial charge in [-0.2, -0.15) is 0 Å². The fourth-order valence-corrected chi connectivity index (χ4v) is 5.15. The van der Waals surface area contributed by atoms with Crippen molar-refractivity contribution in [2.75, 3.05) is 0 Å². The van der Waals surface area contributed by atoms with Gasteiger partial charge in [-0.05, 0) is 57.8 Å². The second-order valence-electron chi connectivity index (χ2n) is 7.49. The average molecular weight is 403 g/mol. The maximum atomic E-state index is 2.43. The second kappa shape index (κ2) is 7.01. The molecule has 0 atom stereocenters. The van der Waals surface area contributed by atoms with E-state index in [-0.39, 0.29) is 0 Å². The summed E-state index contributed by atoms with van der Waals surface area (Å²) in [6.45, 7) is 0. The maximum absolute atomic E-state index is 2.43. The number of para-hydroxylation sites is 1. The van der Waals surface area contributed by atoms with Gasteiger partial charge in [0.2, 0.25) is 0 Å². The molecule has 2 heterocycles. The molecular formula is C28H19NS. The molecule has 2 heteroatoms. The molecule has 4 aromatic carbocycles. The third kappa shape index (κ3) is 2.77. The van der Waals surface area contributed by atoms with Gasteiger partial charge >= 0.3 is 0 Å². The highest BCUT2D eigenvalue weighted by atomic mass is 32.1. The largest absolute Gasteiger partial charge is 0.308 e. The molecule has 0 unspecified atom stereocenters. The van der Waals surface area contributed by atoms with Gasteiger partial charge in [0, 0.05) is 5.39 Å². The van der Waals surface area contributed by atoms with Crippen molar-refractivity contribution in [1.29, 1.82) is 0 Å². The molecular weight excluding hydrogens is 383 g/mol. The quantitative estimate of drug-likeness (QED) is 0.281. The Morgan fingerprint density at radius 1 is 0.533 bits per heavy atom. The molecule has 1 nitrogen and oxygen atoms in total. The summed E-state index contributed by atoms with van der Waals surface area (Å²) in [6.07, 6.45) is 0. The lowest BCUT2D eigenvalue weighted by Gasteiger charge is -2.15. The van der Waals surface area contributed by atoms with Crippen molar-refractivity contribution < 1.29 is 0 Å². The Bertz CT molecular complexity index is 1470. The molecule has 0 fully saturated rings. The summed E-state index contributed by atoms with van der Waals surface area (Å²) in [5.41, 5.74) is 7.40. The number of aromatic nitrogens is 1. The van der Waals surface area contributed by atoms with E-state index in [0.717, 1.165) is 0 Å². The second-order valence-corrected chi connectivity index (χ2v) is 8.41. The first-order valence-corrected chi connectivity index (χ1v) is 11.0. The molecule has 142 valence electrons. The number of thiophene rings is 1. The van der Waals surface area contributed by atoms with Gasteiger partial charge in [0.25, 0.3) is 0 Å². The van der Waals surface area contributed by atoms with Crippen molar-refractivity contribution in [3.05, 3.63) is 115 Å². The van der Waals surface area contributed by atoms with Gasteiger partial charge in [0.15, 0.2) is 0 Å². The molecule has 0 bridgehead atoms. The molecule has 0 aliphatic rings. The summed E-state index contributed by atoms with van der Waals surface area (Å²) in [5, 5.41) is 4.73. The lowest BCUT2D eigenvalue weighted by Crippen LogP contribution is -1.98. The summed E-state index contributed by atoms with van der Waals surface area (Å²) in [5.74, 6) is 0. The summed E-state index contributed by atoms with van der Waals surface area (Å²) < 4.78 is 3.74. The fourth-order valence-electron chi connectivity index (χ4n) is 4.26. The monoisotopic (exact) mass is 402 g/mol. The zero-order valence-corrected chi connectivity index (χ0v) is 17.1. The van der Waals surface area contributed by atoms with E-state index in [0.29, 0.717) is 0 Å². The lowest BCUT2D eigenvalue weighted by molar-refractivity contribution is 1.15. The summed E-state index contributed by atoms with van der Waals surface area (Å²) in [7, 11) is 0. The van der Waals surface area contributed by atoms with Crippen LogP contribution in [0, 0.1) is 0 Å². The molecule has 30 heavy (non-hydrogen) atoms. The first kappa shape index (κ1) is 17.3. The highest BCUT2D eigenvalue weighted by molar-refractivity contribution is 7.17. The Kier molecular flexibility index (Phi) is 4.03. The number of hydrogen-bond acceptors (Lipinski definition) is 1. The number of nitrogens with zero attached hydrogens (tertiary/aromatic N) is 1. The van der Waals surface area contributed by atoms with Crippen molar-refractivity contribution in [3.8, 4) is 28.1 Å². The molecule has 0 spiro atoms. The maximum Gasteiger partial charge on any atom is 0.0646 e. The van der Waals surface area contributed by atoms with Crippen molar-refractivity contribution in [1.82, 2.24) is 4.57 Å². The standard InChI is InChI=1S/C28H19NS/c1-3-9-20(10-4-1)24-17-23-15-16-30-28(23)27(19-24)29-25-14-8-7-13-22(25)18-26(29)21-11-5-2-6-12-21/h1-19H/i16+1. The molecule has 0 aliphatic heterocycles. The van der Waals surface area contributed by atoms with Crippen LogP contribution in [0.3, 0.4) is 0 Å². The minimum atomic E-state index is 1.22. The van der Waals surface area contributed by atoms with E-state index in [2.05, 4.69) is 119 Å².